The summed E-state index contributed by atoms with van der Waals surface area (Å²) in [4.78, 5) is 21.0. The Bertz CT molecular complexity index is 611. The number of nitro benzene ring substituents is 1. The van der Waals surface area contributed by atoms with Gasteiger partial charge in [-0.25, -0.2) is 0 Å². The smallest absolute Gasteiger partial charge is 0.271 e. The van der Waals surface area contributed by atoms with Crippen molar-refractivity contribution in [3.8, 4) is 10.8 Å². The third kappa shape index (κ3) is 2.66. The Balaban J connectivity index is 2.24. The van der Waals surface area contributed by atoms with E-state index in [1.165, 1.54) is 18.2 Å². The number of hydrogen-bond donors (Lipinski definition) is 0. The Kier molecular flexibility index (Phi) is 3.59. The van der Waals surface area contributed by atoms with Crippen molar-refractivity contribution in [3.63, 3.8) is 0 Å². The molecule has 5 nitrogen and oxygen atoms in total. The molecular formula is C11H6ClNO4S. The number of halogens is 1. The molecule has 0 atom stereocenters. The minimum absolute atomic E-state index is 0.105. The van der Waals surface area contributed by atoms with Crippen molar-refractivity contribution < 1.29 is 14.5 Å². The Morgan fingerprint density at radius 3 is 2.67 bits per heavy atom. The van der Waals surface area contributed by atoms with Crippen molar-refractivity contribution in [2.45, 2.75) is 0 Å². The Hall–Kier alpha value is -1.92. The fourth-order valence-corrected chi connectivity index (χ4v) is 2.14. The van der Waals surface area contributed by atoms with Crippen LogP contribution in [0.3, 0.4) is 0 Å². The predicted molar refractivity (Wildman–Crippen MR) is 67.9 cm³/mol. The third-order valence-corrected chi connectivity index (χ3v) is 3.24. The van der Waals surface area contributed by atoms with Crippen LogP contribution < -0.4 is 4.74 Å². The molecule has 0 saturated heterocycles. The number of aldehydes is 1. The van der Waals surface area contributed by atoms with E-state index in [2.05, 4.69) is 0 Å². The first-order valence-corrected chi connectivity index (χ1v) is 5.96. The molecule has 2 aromatic rings. The molecule has 18 heavy (non-hydrogen) atoms. The second-order valence-electron chi connectivity index (χ2n) is 3.25. The topological polar surface area (TPSA) is 69.4 Å². The monoisotopic (exact) mass is 283 g/mol. The molecule has 0 amide bonds. The molecule has 2 rings (SSSR count). The molecule has 0 saturated carbocycles. The van der Waals surface area contributed by atoms with Crippen molar-refractivity contribution in [1.29, 1.82) is 0 Å². The average molecular weight is 284 g/mol. The summed E-state index contributed by atoms with van der Waals surface area (Å²) in [5.74, 6) is 0.307. The van der Waals surface area contributed by atoms with Gasteiger partial charge in [0.1, 0.15) is 5.75 Å². The molecule has 1 aromatic carbocycles. The zero-order valence-electron chi connectivity index (χ0n) is 8.83. The number of hydrogen-bond acceptors (Lipinski definition) is 5. The van der Waals surface area contributed by atoms with Crippen molar-refractivity contribution >= 4 is 34.9 Å². The molecule has 0 fully saturated rings. The van der Waals surface area contributed by atoms with Crippen LogP contribution in [0.5, 0.6) is 10.8 Å². The molecular weight excluding hydrogens is 278 g/mol. The molecule has 0 radical (unpaired) electrons. The van der Waals surface area contributed by atoms with E-state index in [9.17, 15) is 14.9 Å². The summed E-state index contributed by atoms with van der Waals surface area (Å²) in [6, 6.07) is 7.18. The van der Waals surface area contributed by atoms with Crippen molar-refractivity contribution in [2.75, 3.05) is 0 Å². The van der Waals surface area contributed by atoms with Crippen LogP contribution in [0.1, 0.15) is 9.67 Å². The SMILES string of the molecule is O=Cc1ccc(Oc2ccc([N+](=O)[O-])cc2Cl)s1. The fourth-order valence-electron chi connectivity index (χ4n) is 1.25. The number of benzene rings is 1. The molecule has 0 aliphatic heterocycles. The number of carbonyl (C=O) groups excluding carboxylic acids is 1. The van der Waals surface area contributed by atoms with E-state index in [0.717, 1.165) is 17.6 Å². The minimum Gasteiger partial charge on any atom is -0.445 e. The molecule has 0 bridgehead atoms. The Morgan fingerprint density at radius 1 is 1.33 bits per heavy atom. The average Bonchev–Trinajstić information content (AvgIpc) is 2.79. The summed E-state index contributed by atoms with van der Waals surface area (Å²) in [5.41, 5.74) is -0.105. The Labute approximate surface area is 111 Å². The van der Waals surface area contributed by atoms with Crippen LogP contribution in [0.2, 0.25) is 5.02 Å². The van der Waals surface area contributed by atoms with Gasteiger partial charge in [0.2, 0.25) is 0 Å². The van der Waals surface area contributed by atoms with E-state index in [4.69, 9.17) is 16.3 Å². The third-order valence-electron chi connectivity index (χ3n) is 2.06. The number of ether oxygens (including phenoxy) is 1. The van der Waals surface area contributed by atoms with Gasteiger partial charge < -0.3 is 4.74 Å². The lowest BCUT2D eigenvalue weighted by Gasteiger charge is -2.04. The first-order chi connectivity index (χ1) is 8.60. The molecule has 1 aromatic heterocycles. The highest BCUT2D eigenvalue weighted by Gasteiger charge is 2.11. The van der Waals surface area contributed by atoms with Crippen LogP contribution in [-0.4, -0.2) is 11.2 Å². The zero-order chi connectivity index (χ0) is 13.1. The van der Waals surface area contributed by atoms with E-state index in [1.54, 1.807) is 12.1 Å². The maximum atomic E-state index is 10.5. The summed E-state index contributed by atoms with van der Waals surface area (Å²) < 4.78 is 5.43. The van der Waals surface area contributed by atoms with Crippen LogP contribution in [0.25, 0.3) is 0 Å². The van der Waals surface area contributed by atoms with Gasteiger partial charge in [0, 0.05) is 12.1 Å². The number of non-ortho nitro benzene ring substituents is 1. The van der Waals surface area contributed by atoms with Gasteiger partial charge in [-0.1, -0.05) is 22.9 Å². The van der Waals surface area contributed by atoms with Crippen LogP contribution in [0, 0.1) is 10.1 Å². The molecule has 0 unspecified atom stereocenters. The van der Waals surface area contributed by atoms with E-state index >= 15 is 0 Å². The van der Waals surface area contributed by atoms with E-state index in [0.29, 0.717) is 15.7 Å². The largest absolute Gasteiger partial charge is 0.445 e. The first-order valence-electron chi connectivity index (χ1n) is 4.77. The maximum absolute atomic E-state index is 10.5. The normalized spacial score (nSPS) is 10.1. The van der Waals surface area contributed by atoms with E-state index in [-0.39, 0.29) is 10.7 Å². The second kappa shape index (κ2) is 5.16. The lowest BCUT2D eigenvalue weighted by atomic mass is 10.3. The molecule has 0 spiro atoms. The standard InChI is InChI=1S/C11H6ClNO4S/c12-9-5-7(13(15)16)1-3-10(9)17-11-4-2-8(6-14)18-11/h1-6H. The van der Waals surface area contributed by atoms with Gasteiger partial charge in [0.15, 0.2) is 11.3 Å². The van der Waals surface area contributed by atoms with Crippen molar-refractivity contribution in [3.05, 3.63) is 50.3 Å². The quantitative estimate of drug-likeness (QED) is 0.484. The summed E-state index contributed by atoms with van der Waals surface area (Å²) in [7, 11) is 0. The summed E-state index contributed by atoms with van der Waals surface area (Å²) in [6.45, 7) is 0. The number of nitro groups is 1. The minimum atomic E-state index is -0.536. The lowest BCUT2D eigenvalue weighted by Crippen LogP contribution is -1.89. The number of thiophene rings is 1. The molecule has 0 N–H and O–H groups in total. The van der Waals surface area contributed by atoms with E-state index in [1.807, 2.05) is 0 Å². The Morgan fingerprint density at radius 2 is 2.11 bits per heavy atom. The molecule has 92 valence electrons. The van der Waals surface area contributed by atoms with Crippen LogP contribution in [-0.2, 0) is 0 Å². The van der Waals surface area contributed by atoms with Gasteiger partial charge in [-0.2, -0.15) is 0 Å². The fraction of sp³-hybridized carbons (Fsp3) is 0. The van der Waals surface area contributed by atoms with Gasteiger partial charge in [0.25, 0.3) is 5.69 Å². The summed E-state index contributed by atoms with van der Waals surface area (Å²) in [5, 5.41) is 11.2. The van der Waals surface area contributed by atoms with Crippen LogP contribution in [0.4, 0.5) is 5.69 Å². The summed E-state index contributed by atoms with van der Waals surface area (Å²) in [6.07, 6.45) is 0.717. The van der Waals surface area contributed by atoms with Gasteiger partial charge >= 0.3 is 0 Å². The highest BCUT2D eigenvalue weighted by atomic mass is 35.5. The number of rotatable bonds is 4. The first kappa shape index (κ1) is 12.5. The van der Waals surface area contributed by atoms with Crippen molar-refractivity contribution in [1.82, 2.24) is 0 Å². The predicted octanol–water partition coefficient (Wildman–Crippen LogP) is 3.91. The van der Waals surface area contributed by atoms with Gasteiger partial charge in [-0.3, -0.25) is 14.9 Å². The van der Waals surface area contributed by atoms with Crippen molar-refractivity contribution in [2.24, 2.45) is 0 Å². The highest BCUT2D eigenvalue weighted by Crippen LogP contribution is 2.35. The zero-order valence-corrected chi connectivity index (χ0v) is 10.4. The summed E-state index contributed by atoms with van der Waals surface area (Å²) >= 11 is 7.03. The molecule has 0 aliphatic carbocycles. The number of nitrogens with zero attached hydrogens (tertiary/aromatic N) is 1. The number of carbonyl (C=O) groups is 1. The van der Waals surface area contributed by atoms with E-state index < -0.39 is 4.92 Å². The van der Waals surface area contributed by atoms with Gasteiger partial charge in [-0.15, -0.1) is 0 Å². The second-order valence-corrected chi connectivity index (χ2v) is 4.73. The molecule has 1 heterocycles. The highest BCUT2D eigenvalue weighted by molar-refractivity contribution is 7.15. The van der Waals surface area contributed by atoms with Gasteiger partial charge in [-0.05, 0) is 18.2 Å². The van der Waals surface area contributed by atoms with Crippen LogP contribution in [0.15, 0.2) is 30.3 Å². The van der Waals surface area contributed by atoms with Gasteiger partial charge in [0.05, 0.1) is 14.8 Å². The molecule has 0 aliphatic rings. The maximum Gasteiger partial charge on any atom is 0.271 e. The molecule has 7 heteroatoms. The lowest BCUT2D eigenvalue weighted by molar-refractivity contribution is -0.384. The van der Waals surface area contributed by atoms with Crippen LogP contribution >= 0.6 is 22.9 Å².